The molecule has 31 heavy (non-hydrogen) atoms. The van der Waals surface area contributed by atoms with Crippen LogP contribution in [0.1, 0.15) is 30.0 Å². The molecular formula is C25H26N4OS. The van der Waals surface area contributed by atoms with E-state index >= 15 is 0 Å². The Balaban J connectivity index is 1.29. The van der Waals surface area contributed by atoms with Gasteiger partial charge in [0, 0.05) is 30.3 Å². The number of piperidine rings is 1. The van der Waals surface area contributed by atoms with E-state index in [1.807, 2.05) is 54.4 Å². The van der Waals surface area contributed by atoms with Crippen LogP contribution in [0.15, 0.2) is 66.7 Å². The number of ether oxygens (including phenoxy) is 1. The average Bonchev–Trinajstić information content (AvgIpc) is 3.27. The highest BCUT2D eigenvalue weighted by Crippen LogP contribution is 2.30. The highest BCUT2D eigenvalue weighted by molar-refractivity contribution is 7.96. The first-order chi connectivity index (χ1) is 15.3. The minimum absolute atomic E-state index is 0.528. The van der Waals surface area contributed by atoms with Crippen molar-refractivity contribution in [3.8, 4) is 17.1 Å². The van der Waals surface area contributed by atoms with Crippen molar-refractivity contribution in [2.75, 3.05) is 19.3 Å². The fraction of sp³-hybridized carbons (Fsp3) is 0.280. The Kier molecular flexibility index (Phi) is 5.91. The van der Waals surface area contributed by atoms with Gasteiger partial charge in [-0.15, -0.1) is 0 Å². The monoisotopic (exact) mass is 430 g/mol. The van der Waals surface area contributed by atoms with Crippen LogP contribution in [0.5, 0.6) is 5.75 Å². The zero-order valence-electron chi connectivity index (χ0n) is 17.6. The fourth-order valence-corrected chi connectivity index (χ4v) is 4.63. The Hall–Kier alpha value is -2.83. The Morgan fingerprint density at radius 1 is 0.968 bits per heavy atom. The summed E-state index contributed by atoms with van der Waals surface area (Å²) in [4.78, 5) is 13.1. The van der Waals surface area contributed by atoms with Gasteiger partial charge >= 0.3 is 0 Å². The van der Waals surface area contributed by atoms with E-state index in [0.29, 0.717) is 12.5 Å². The Morgan fingerprint density at radius 2 is 1.74 bits per heavy atom. The number of hydrogen-bond donors (Lipinski definition) is 1. The number of H-pyrrole nitrogens is 1. The Labute approximate surface area is 187 Å². The maximum Gasteiger partial charge on any atom is 0.157 e. The van der Waals surface area contributed by atoms with Crippen molar-refractivity contribution in [1.82, 2.24) is 19.3 Å². The molecule has 6 heteroatoms. The molecule has 1 aliphatic heterocycles. The number of hydrogen-bond acceptors (Lipinski definition) is 5. The van der Waals surface area contributed by atoms with Crippen LogP contribution in [-0.2, 0) is 6.61 Å². The van der Waals surface area contributed by atoms with Gasteiger partial charge in [0.15, 0.2) is 5.65 Å². The molecule has 3 heterocycles. The van der Waals surface area contributed by atoms with Crippen LogP contribution in [0.3, 0.4) is 0 Å². The van der Waals surface area contributed by atoms with Gasteiger partial charge in [-0.25, -0.2) is 9.97 Å². The predicted molar refractivity (Wildman–Crippen MR) is 127 cm³/mol. The minimum atomic E-state index is 0.528. The maximum absolute atomic E-state index is 5.89. The van der Waals surface area contributed by atoms with Crippen molar-refractivity contribution < 1.29 is 4.74 Å². The van der Waals surface area contributed by atoms with E-state index in [-0.39, 0.29) is 0 Å². The topological polar surface area (TPSA) is 54.0 Å². The largest absolute Gasteiger partial charge is 0.489 e. The molecule has 4 aromatic rings. The first kappa shape index (κ1) is 20.1. The normalized spacial score (nSPS) is 15.4. The lowest BCUT2D eigenvalue weighted by Gasteiger charge is -2.29. The molecule has 0 aliphatic carbocycles. The van der Waals surface area contributed by atoms with Crippen molar-refractivity contribution in [2.24, 2.45) is 0 Å². The number of aromatic nitrogens is 3. The maximum atomic E-state index is 5.89. The summed E-state index contributed by atoms with van der Waals surface area (Å²) in [5.74, 6) is 2.22. The quantitative estimate of drug-likeness (QED) is 0.400. The molecule has 2 aromatic heterocycles. The summed E-state index contributed by atoms with van der Waals surface area (Å²) in [5.41, 5.74) is 5.13. The summed E-state index contributed by atoms with van der Waals surface area (Å²) in [7, 11) is 0. The van der Waals surface area contributed by atoms with E-state index < -0.39 is 0 Å². The lowest BCUT2D eigenvalue weighted by molar-refractivity contribution is 0.306. The van der Waals surface area contributed by atoms with Crippen LogP contribution in [0.4, 0.5) is 0 Å². The van der Waals surface area contributed by atoms with Crippen molar-refractivity contribution >= 4 is 23.1 Å². The van der Waals surface area contributed by atoms with Gasteiger partial charge in [0.25, 0.3) is 0 Å². The lowest BCUT2D eigenvalue weighted by atomic mass is 9.94. The smallest absolute Gasteiger partial charge is 0.157 e. The van der Waals surface area contributed by atoms with E-state index in [9.17, 15) is 0 Å². The van der Waals surface area contributed by atoms with Crippen LogP contribution in [0, 0.1) is 0 Å². The third-order valence-electron chi connectivity index (χ3n) is 5.87. The van der Waals surface area contributed by atoms with Crippen LogP contribution in [-0.4, -0.2) is 38.6 Å². The second-order valence-corrected chi connectivity index (χ2v) is 8.76. The Bertz CT molecular complexity index is 1140. The molecule has 0 bridgehead atoms. The van der Waals surface area contributed by atoms with E-state index in [0.717, 1.165) is 59.8 Å². The fourth-order valence-electron chi connectivity index (χ4n) is 4.06. The van der Waals surface area contributed by atoms with Gasteiger partial charge in [-0.1, -0.05) is 42.3 Å². The third kappa shape index (κ3) is 4.60. The summed E-state index contributed by atoms with van der Waals surface area (Å²) in [6, 6.07) is 22.5. The highest BCUT2D eigenvalue weighted by atomic mass is 32.2. The molecule has 158 valence electrons. The third-order valence-corrected chi connectivity index (χ3v) is 6.75. The summed E-state index contributed by atoms with van der Waals surface area (Å²) in [6.45, 7) is 2.81. The second-order valence-electron chi connectivity index (χ2n) is 7.87. The first-order valence-electron chi connectivity index (χ1n) is 10.7. The summed E-state index contributed by atoms with van der Waals surface area (Å²) >= 11 is 1.84. The lowest BCUT2D eigenvalue weighted by Crippen LogP contribution is -2.27. The van der Waals surface area contributed by atoms with Gasteiger partial charge < -0.3 is 9.72 Å². The number of pyridine rings is 1. The average molecular weight is 431 g/mol. The molecule has 2 aromatic carbocycles. The minimum Gasteiger partial charge on any atom is -0.489 e. The standard InChI is InChI=1S/C25H26N4OS/c1-31-29-15-13-19(14-16-29)22-11-12-23-25(26-22)28-24(27-23)20-7-9-21(10-8-20)30-17-18-5-3-2-4-6-18/h2-12,19H,13-17H2,1H3,(H,26,27,28). The molecule has 0 unspecified atom stereocenters. The van der Waals surface area contributed by atoms with Crippen molar-refractivity contribution in [2.45, 2.75) is 25.4 Å². The molecule has 5 nitrogen and oxygen atoms in total. The van der Waals surface area contributed by atoms with E-state index in [4.69, 9.17) is 14.7 Å². The number of imidazole rings is 1. The van der Waals surface area contributed by atoms with Gasteiger partial charge in [0.1, 0.15) is 23.7 Å². The predicted octanol–water partition coefficient (Wildman–Crippen LogP) is 5.66. The molecule has 0 spiro atoms. The van der Waals surface area contributed by atoms with Crippen LogP contribution in [0.2, 0.25) is 0 Å². The zero-order chi connectivity index (χ0) is 21.0. The van der Waals surface area contributed by atoms with Gasteiger partial charge in [0.2, 0.25) is 0 Å². The van der Waals surface area contributed by atoms with E-state index in [1.54, 1.807) is 0 Å². The zero-order valence-corrected chi connectivity index (χ0v) is 18.4. The van der Waals surface area contributed by atoms with Crippen LogP contribution >= 0.6 is 11.9 Å². The number of nitrogens with one attached hydrogen (secondary N) is 1. The molecule has 5 rings (SSSR count). The molecule has 0 saturated carbocycles. The number of aromatic amines is 1. The molecular weight excluding hydrogens is 404 g/mol. The number of nitrogens with zero attached hydrogens (tertiary/aromatic N) is 3. The molecule has 1 fully saturated rings. The van der Waals surface area contributed by atoms with Gasteiger partial charge in [-0.2, -0.15) is 0 Å². The molecule has 1 N–H and O–H groups in total. The summed E-state index contributed by atoms with van der Waals surface area (Å²) in [6.07, 6.45) is 4.47. The molecule has 1 aliphatic rings. The SMILES string of the molecule is CSN1CCC(c2ccc3nc(-c4ccc(OCc5ccccc5)cc4)[nH]c3n2)CC1. The van der Waals surface area contributed by atoms with Crippen molar-refractivity contribution in [1.29, 1.82) is 0 Å². The second kappa shape index (κ2) is 9.12. The molecule has 0 amide bonds. The van der Waals surface area contributed by atoms with Crippen molar-refractivity contribution in [3.63, 3.8) is 0 Å². The number of fused-ring (bicyclic) bond motifs is 1. The summed E-state index contributed by atoms with van der Waals surface area (Å²) in [5, 5.41) is 0. The van der Waals surface area contributed by atoms with E-state index in [1.165, 1.54) is 5.69 Å². The molecule has 1 saturated heterocycles. The van der Waals surface area contributed by atoms with Gasteiger partial charge in [-0.05, 0) is 61.1 Å². The molecule has 0 atom stereocenters. The van der Waals surface area contributed by atoms with Gasteiger partial charge in [0.05, 0.1) is 0 Å². The van der Waals surface area contributed by atoms with Gasteiger partial charge in [-0.3, -0.25) is 4.31 Å². The summed E-state index contributed by atoms with van der Waals surface area (Å²) < 4.78 is 8.32. The highest BCUT2D eigenvalue weighted by Gasteiger charge is 2.21. The molecule has 0 radical (unpaired) electrons. The van der Waals surface area contributed by atoms with Crippen LogP contribution in [0.25, 0.3) is 22.6 Å². The number of rotatable bonds is 6. The number of benzene rings is 2. The van der Waals surface area contributed by atoms with Crippen molar-refractivity contribution in [3.05, 3.63) is 78.0 Å². The Morgan fingerprint density at radius 3 is 2.48 bits per heavy atom. The first-order valence-corrected chi connectivity index (χ1v) is 11.9. The van der Waals surface area contributed by atoms with Crippen LogP contribution < -0.4 is 4.74 Å². The van der Waals surface area contributed by atoms with E-state index in [2.05, 4.69) is 39.8 Å².